The van der Waals surface area contributed by atoms with Gasteiger partial charge in [-0.05, 0) is 35.7 Å². The molecular formula is C16H17NOS. The maximum absolute atomic E-state index is 11.1. The summed E-state index contributed by atoms with van der Waals surface area (Å²) in [4.78, 5) is 17.5. The van der Waals surface area contributed by atoms with E-state index in [-0.39, 0.29) is 5.78 Å². The summed E-state index contributed by atoms with van der Waals surface area (Å²) in [6.07, 6.45) is 1.75. The van der Waals surface area contributed by atoms with Crippen LogP contribution in [0.15, 0.2) is 52.4 Å². The molecule has 0 fully saturated rings. The minimum absolute atomic E-state index is 0.00200. The van der Waals surface area contributed by atoms with E-state index >= 15 is 0 Å². The lowest BCUT2D eigenvalue weighted by Gasteiger charge is -2.06. The third kappa shape index (κ3) is 3.67. The van der Waals surface area contributed by atoms with Crippen molar-refractivity contribution in [3.05, 3.63) is 53.9 Å². The van der Waals surface area contributed by atoms with Crippen LogP contribution in [0, 0.1) is 0 Å². The van der Waals surface area contributed by atoms with E-state index in [0.29, 0.717) is 11.6 Å². The number of carbonyl (C=O) groups excluding carboxylic acids is 1. The van der Waals surface area contributed by atoms with Gasteiger partial charge in [-0.15, -0.1) is 0 Å². The van der Waals surface area contributed by atoms with Crippen molar-refractivity contribution in [2.24, 2.45) is 0 Å². The molecule has 2 aromatic rings. The monoisotopic (exact) mass is 271 g/mol. The Bertz CT molecular complexity index is 558. The van der Waals surface area contributed by atoms with Crippen LogP contribution in [0.2, 0.25) is 0 Å². The van der Waals surface area contributed by atoms with Gasteiger partial charge in [-0.1, -0.05) is 37.7 Å². The highest BCUT2D eigenvalue weighted by atomic mass is 32.2. The molecule has 0 aliphatic carbocycles. The summed E-state index contributed by atoms with van der Waals surface area (Å²) in [7, 11) is 0. The molecule has 3 heteroatoms. The molecule has 2 nitrogen and oxygen atoms in total. The molecule has 0 bridgehead atoms. The Morgan fingerprint density at radius 2 is 1.68 bits per heavy atom. The van der Waals surface area contributed by atoms with Crippen LogP contribution in [0.3, 0.4) is 0 Å². The van der Waals surface area contributed by atoms with E-state index < -0.39 is 0 Å². The van der Waals surface area contributed by atoms with Gasteiger partial charge in [0.2, 0.25) is 0 Å². The molecule has 0 atom stereocenters. The average Bonchev–Trinajstić information content (AvgIpc) is 2.40. The van der Waals surface area contributed by atoms with Gasteiger partial charge in [0, 0.05) is 22.9 Å². The average molecular weight is 271 g/mol. The Labute approximate surface area is 118 Å². The zero-order valence-electron chi connectivity index (χ0n) is 11.4. The Balaban J connectivity index is 2.10. The van der Waals surface area contributed by atoms with Crippen molar-refractivity contribution in [1.82, 2.24) is 4.98 Å². The van der Waals surface area contributed by atoms with Crippen molar-refractivity contribution < 1.29 is 4.79 Å². The molecule has 0 saturated heterocycles. The van der Waals surface area contributed by atoms with Crippen molar-refractivity contribution >= 4 is 17.5 Å². The molecule has 19 heavy (non-hydrogen) atoms. The summed E-state index contributed by atoms with van der Waals surface area (Å²) in [6, 6.07) is 12.3. The maximum atomic E-state index is 11.1. The molecule has 0 spiro atoms. The SMILES string of the molecule is CC(=O)c1ccc(Sc2ccc(C(C)C)cc2)cn1. The lowest BCUT2D eigenvalue weighted by atomic mass is 10.0. The molecule has 2 rings (SSSR count). The second-order valence-corrected chi connectivity index (χ2v) is 5.91. The molecule has 0 aliphatic heterocycles. The first-order chi connectivity index (χ1) is 9.06. The topological polar surface area (TPSA) is 30.0 Å². The number of hydrogen-bond acceptors (Lipinski definition) is 3. The first-order valence-electron chi connectivity index (χ1n) is 6.31. The van der Waals surface area contributed by atoms with Crippen molar-refractivity contribution in [1.29, 1.82) is 0 Å². The predicted molar refractivity (Wildman–Crippen MR) is 78.9 cm³/mol. The van der Waals surface area contributed by atoms with Crippen LogP contribution in [-0.2, 0) is 0 Å². The van der Waals surface area contributed by atoms with Gasteiger partial charge in [-0.3, -0.25) is 9.78 Å². The highest BCUT2D eigenvalue weighted by molar-refractivity contribution is 7.99. The number of ketones is 1. The number of aromatic nitrogens is 1. The molecule has 0 saturated carbocycles. The van der Waals surface area contributed by atoms with Gasteiger partial charge in [-0.25, -0.2) is 0 Å². The molecule has 0 aliphatic rings. The lowest BCUT2D eigenvalue weighted by Crippen LogP contribution is -1.95. The fraction of sp³-hybridized carbons (Fsp3) is 0.250. The number of Topliss-reactive ketones (excluding diaryl/α,β-unsaturated/α-hetero) is 1. The Hall–Kier alpha value is -1.61. The molecule has 0 unspecified atom stereocenters. The van der Waals surface area contributed by atoms with Gasteiger partial charge in [-0.2, -0.15) is 0 Å². The van der Waals surface area contributed by atoms with E-state index in [1.165, 1.54) is 17.4 Å². The number of hydrogen-bond donors (Lipinski definition) is 0. The Kier molecular flexibility index (Phi) is 4.38. The third-order valence-corrected chi connectivity index (χ3v) is 3.86. The molecule has 0 radical (unpaired) electrons. The Morgan fingerprint density at radius 1 is 1.05 bits per heavy atom. The quantitative estimate of drug-likeness (QED) is 0.764. The largest absolute Gasteiger partial charge is 0.293 e. The van der Waals surface area contributed by atoms with Crippen molar-refractivity contribution in [2.75, 3.05) is 0 Å². The fourth-order valence-electron chi connectivity index (χ4n) is 1.71. The molecule has 98 valence electrons. The number of benzene rings is 1. The van der Waals surface area contributed by atoms with E-state index in [4.69, 9.17) is 0 Å². The Morgan fingerprint density at radius 3 is 2.16 bits per heavy atom. The molecule has 0 N–H and O–H groups in total. The summed E-state index contributed by atoms with van der Waals surface area (Å²) < 4.78 is 0. The zero-order chi connectivity index (χ0) is 13.8. The molecular weight excluding hydrogens is 254 g/mol. The van der Waals surface area contributed by atoms with E-state index in [1.807, 2.05) is 6.07 Å². The highest BCUT2D eigenvalue weighted by Gasteiger charge is 2.03. The van der Waals surface area contributed by atoms with Crippen LogP contribution in [0.4, 0.5) is 0 Å². The lowest BCUT2D eigenvalue weighted by molar-refractivity contribution is 0.101. The van der Waals surface area contributed by atoms with Gasteiger partial charge in [0.15, 0.2) is 5.78 Å². The fourth-order valence-corrected chi connectivity index (χ4v) is 2.49. The smallest absolute Gasteiger partial charge is 0.178 e. The number of carbonyl (C=O) groups is 1. The standard InChI is InChI=1S/C16H17NOS/c1-11(2)13-4-6-14(7-5-13)19-15-8-9-16(12(3)18)17-10-15/h4-11H,1-3H3. The normalized spacial score (nSPS) is 10.7. The minimum Gasteiger partial charge on any atom is -0.293 e. The van der Waals surface area contributed by atoms with Crippen LogP contribution in [0.25, 0.3) is 0 Å². The van der Waals surface area contributed by atoms with Crippen LogP contribution >= 0.6 is 11.8 Å². The summed E-state index contributed by atoms with van der Waals surface area (Å²) >= 11 is 1.65. The predicted octanol–water partition coefficient (Wildman–Crippen LogP) is 4.56. The van der Waals surface area contributed by atoms with Crippen molar-refractivity contribution in [3.8, 4) is 0 Å². The summed E-state index contributed by atoms with van der Waals surface area (Å²) in [5, 5.41) is 0. The summed E-state index contributed by atoms with van der Waals surface area (Å²) in [6.45, 7) is 5.90. The van der Waals surface area contributed by atoms with Gasteiger partial charge < -0.3 is 0 Å². The van der Waals surface area contributed by atoms with E-state index in [2.05, 4.69) is 43.1 Å². The minimum atomic E-state index is -0.00200. The molecule has 0 amide bonds. The van der Waals surface area contributed by atoms with Gasteiger partial charge in [0.05, 0.1) is 0 Å². The van der Waals surface area contributed by atoms with E-state index in [1.54, 1.807) is 24.0 Å². The van der Waals surface area contributed by atoms with E-state index in [9.17, 15) is 4.79 Å². The number of nitrogens with zero attached hydrogens (tertiary/aromatic N) is 1. The van der Waals surface area contributed by atoms with Crippen molar-refractivity contribution in [2.45, 2.75) is 36.5 Å². The summed E-state index contributed by atoms with van der Waals surface area (Å²) in [5.74, 6) is 0.549. The molecule has 1 aromatic carbocycles. The highest BCUT2D eigenvalue weighted by Crippen LogP contribution is 2.28. The van der Waals surface area contributed by atoms with Gasteiger partial charge in [0.1, 0.15) is 5.69 Å². The van der Waals surface area contributed by atoms with Crippen LogP contribution in [0.1, 0.15) is 42.7 Å². The van der Waals surface area contributed by atoms with Crippen LogP contribution < -0.4 is 0 Å². The summed E-state index contributed by atoms with van der Waals surface area (Å²) in [5.41, 5.74) is 1.86. The van der Waals surface area contributed by atoms with Gasteiger partial charge >= 0.3 is 0 Å². The van der Waals surface area contributed by atoms with Crippen LogP contribution in [0.5, 0.6) is 0 Å². The molecule has 1 heterocycles. The maximum Gasteiger partial charge on any atom is 0.178 e. The first-order valence-corrected chi connectivity index (χ1v) is 7.12. The number of pyridine rings is 1. The second kappa shape index (κ2) is 6.02. The van der Waals surface area contributed by atoms with Crippen molar-refractivity contribution in [3.63, 3.8) is 0 Å². The first kappa shape index (κ1) is 13.8. The van der Waals surface area contributed by atoms with Crippen LogP contribution in [-0.4, -0.2) is 10.8 Å². The van der Waals surface area contributed by atoms with E-state index in [0.717, 1.165) is 4.90 Å². The zero-order valence-corrected chi connectivity index (χ0v) is 12.2. The number of rotatable bonds is 4. The van der Waals surface area contributed by atoms with Gasteiger partial charge in [0.25, 0.3) is 0 Å². The third-order valence-electron chi connectivity index (χ3n) is 2.88. The molecule has 1 aromatic heterocycles. The second-order valence-electron chi connectivity index (χ2n) is 4.76.